The van der Waals surface area contributed by atoms with Crippen LogP contribution in [0.2, 0.25) is 0 Å². The van der Waals surface area contributed by atoms with Gasteiger partial charge in [-0.15, -0.1) is 0 Å². The summed E-state index contributed by atoms with van der Waals surface area (Å²) in [6.45, 7) is 1.73. The molecule has 4 rings (SSSR count). The molecule has 1 aromatic carbocycles. The average Bonchev–Trinajstić information content (AvgIpc) is 2.66. The molecule has 2 N–H and O–H groups in total. The number of fused-ring (bicyclic) bond motifs is 1. The van der Waals surface area contributed by atoms with Crippen molar-refractivity contribution in [1.29, 1.82) is 0 Å². The molecule has 8 nitrogen and oxygen atoms in total. The molecule has 0 spiro atoms. The van der Waals surface area contributed by atoms with Gasteiger partial charge in [-0.05, 0) is 37.1 Å². The first-order valence-electron chi connectivity index (χ1n) is 8.59. The molecular formula is C18H20N6O2. The highest BCUT2D eigenvalue weighted by atomic mass is 16.3. The highest BCUT2D eigenvalue weighted by molar-refractivity contribution is 5.74. The number of aryl methyl sites for hydroxylation is 1. The van der Waals surface area contributed by atoms with Crippen LogP contribution in [0.3, 0.4) is 0 Å². The molecule has 8 heteroatoms. The summed E-state index contributed by atoms with van der Waals surface area (Å²) in [7, 11) is 1.64. The summed E-state index contributed by atoms with van der Waals surface area (Å²) in [6, 6.07) is 8.03. The molecule has 0 amide bonds. The molecule has 0 radical (unpaired) electrons. The Labute approximate surface area is 150 Å². The van der Waals surface area contributed by atoms with Gasteiger partial charge in [0.1, 0.15) is 0 Å². The molecule has 0 atom stereocenters. The third kappa shape index (κ3) is 3.23. The van der Waals surface area contributed by atoms with Gasteiger partial charge in [0, 0.05) is 43.9 Å². The van der Waals surface area contributed by atoms with Crippen molar-refractivity contribution in [3.63, 3.8) is 0 Å². The highest BCUT2D eigenvalue weighted by Gasteiger charge is 2.17. The van der Waals surface area contributed by atoms with Gasteiger partial charge in [0.25, 0.3) is 0 Å². The van der Waals surface area contributed by atoms with E-state index in [1.807, 2.05) is 24.3 Å². The number of hydrogen-bond acceptors (Lipinski definition) is 7. The summed E-state index contributed by atoms with van der Waals surface area (Å²) in [6.07, 6.45) is 4.55. The third-order valence-corrected chi connectivity index (χ3v) is 4.67. The van der Waals surface area contributed by atoms with Crippen LogP contribution in [-0.2, 0) is 7.05 Å². The molecule has 0 aliphatic carbocycles. The van der Waals surface area contributed by atoms with Crippen molar-refractivity contribution >= 4 is 28.4 Å². The van der Waals surface area contributed by atoms with Crippen molar-refractivity contribution in [2.45, 2.75) is 18.9 Å². The summed E-state index contributed by atoms with van der Waals surface area (Å²) in [5, 5.41) is 13.5. The first kappa shape index (κ1) is 16.5. The molecule has 1 aliphatic heterocycles. The number of anilines is 3. The first-order chi connectivity index (χ1) is 12.6. The Balaban J connectivity index is 1.53. The number of nitrogens with one attached hydrogen (secondary N) is 1. The number of hydrogen-bond donors (Lipinski definition) is 2. The minimum atomic E-state index is -0.349. The van der Waals surface area contributed by atoms with E-state index in [-0.39, 0.29) is 11.8 Å². The first-order valence-corrected chi connectivity index (χ1v) is 8.59. The van der Waals surface area contributed by atoms with E-state index in [4.69, 9.17) is 0 Å². The van der Waals surface area contributed by atoms with Crippen molar-refractivity contribution in [3.8, 4) is 0 Å². The van der Waals surface area contributed by atoms with Gasteiger partial charge in [-0.25, -0.2) is 14.8 Å². The second kappa shape index (κ2) is 6.72. The Hall–Kier alpha value is -3.00. The van der Waals surface area contributed by atoms with Crippen LogP contribution in [0.15, 0.2) is 41.5 Å². The van der Waals surface area contributed by atoms with Crippen molar-refractivity contribution in [1.82, 2.24) is 19.5 Å². The second-order valence-electron chi connectivity index (χ2n) is 6.46. The van der Waals surface area contributed by atoms with E-state index < -0.39 is 0 Å². The van der Waals surface area contributed by atoms with E-state index in [9.17, 15) is 9.90 Å². The molecule has 3 heterocycles. The van der Waals surface area contributed by atoms with E-state index in [0.29, 0.717) is 17.0 Å². The Bertz CT molecular complexity index is 977. The van der Waals surface area contributed by atoms with E-state index in [1.165, 1.54) is 10.8 Å². The van der Waals surface area contributed by atoms with Gasteiger partial charge in [0.2, 0.25) is 5.95 Å². The maximum atomic E-state index is 11.7. The molecule has 26 heavy (non-hydrogen) atoms. The van der Waals surface area contributed by atoms with Crippen LogP contribution in [0.1, 0.15) is 12.8 Å². The van der Waals surface area contributed by atoms with Crippen molar-refractivity contribution in [3.05, 3.63) is 47.1 Å². The standard InChI is InChI=1S/C18H20N6O2/c1-23-16-12(11-20-18(23)26)10-19-17(22-16)21-13-2-4-14(5-3-13)24-8-6-15(25)7-9-24/h2-5,10-11,15,25H,6-9H2,1H3,(H,19,21,22). The van der Waals surface area contributed by atoms with Gasteiger partial charge in [0.15, 0.2) is 5.65 Å². The van der Waals surface area contributed by atoms with Crippen molar-refractivity contribution < 1.29 is 5.11 Å². The fourth-order valence-electron chi connectivity index (χ4n) is 3.11. The second-order valence-corrected chi connectivity index (χ2v) is 6.46. The Kier molecular flexibility index (Phi) is 4.26. The lowest BCUT2D eigenvalue weighted by atomic mass is 10.1. The van der Waals surface area contributed by atoms with Crippen LogP contribution in [0.5, 0.6) is 0 Å². The van der Waals surface area contributed by atoms with Gasteiger partial charge < -0.3 is 15.3 Å². The molecule has 1 saturated heterocycles. The average molecular weight is 352 g/mol. The van der Waals surface area contributed by atoms with Crippen LogP contribution >= 0.6 is 0 Å². The molecule has 134 valence electrons. The lowest BCUT2D eigenvalue weighted by Gasteiger charge is -2.31. The van der Waals surface area contributed by atoms with Gasteiger partial charge >= 0.3 is 5.69 Å². The minimum Gasteiger partial charge on any atom is -0.393 e. The van der Waals surface area contributed by atoms with Crippen molar-refractivity contribution in [2.24, 2.45) is 7.05 Å². The zero-order valence-electron chi connectivity index (χ0n) is 14.5. The van der Waals surface area contributed by atoms with Gasteiger partial charge in [0.05, 0.1) is 11.5 Å². The largest absolute Gasteiger partial charge is 0.393 e. The van der Waals surface area contributed by atoms with Crippen LogP contribution in [0.4, 0.5) is 17.3 Å². The lowest BCUT2D eigenvalue weighted by molar-refractivity contribution is 0.145. The SMILES string of the molecule is Cn1c(=O)ncc2cnc(Nc3ccc(N4CCC(O)CC4)cc3)nc21. The maximum absolute atomic E-state index is 11.7. The van der Waals surface area contributed by atoms with Crippen molar-refractivity contribution in [2.75, 3.05) is 23.3 Å². The number of aromatic nitrogens is 4. The molecular weight excluding hydrogens is 332 g/mol. The summed E-state index contributed by atoms with van der Waals surface area (Å²) >= 11 is 0. The Morgan fingerprint density at radius 3 is 2.54 bits per heavy atom. The van der Waals surface area contributed by atoms with Crippen LogP contribution in [0.25, 0.3) is 11.0 Å². The number of aliphatic hydroxyl groups is 1. The smallest absolute Gasteiger partial charge is 0.348 e. The number of aliphatic hydroxyl groups excluding tert-OH is 1. The number of benzene rings is 1. The van der Waals surface area contributed by atoms with Gasteiger partial charge in [-0.2, -0.15) is 4.98 Å². The van der Waals surface area contributed by atoms with Crippen LogP contribution in [-0.4, -0.2) is 43.8 Å². The molecule has 0 unspecified atom stereocenters. The zero-order chi connectivity index (χ0) is 18.1. The molecule has 1 aliphatic rings. The third-order valence-electron chi connectivity index (χ3n) is 4.67. The maximum Gasteiger partial charge on any atom is 0.348 e. The van der Waals surface area contributed by atoms with E-state index >= 15 is 0 Å². The topological polar surface area (TPSA) is 96.2 Å². The summed E-state index contributed by atoms with van der Waals surface area (Å²) in [5.74, 6) is 0.424. The fourth-order valence-corrected chi connectivity index (χ4v) is 3.11. The quantitative estimate of drug-likeness (QED) is 0.736. The molecule has 2 aromatic heterocycles. The molecule has 3 aromatic rings. The number of nitrogens with zero attached hydrogens (tertiary/aromatic N) is 5. The normalized spacial score (nSPS) is 15.4. The number of piperidine rings is 1. The van der Waals surface area contributed by atoms with Gasteiger partial charge in [-0.3, -0.25) is 4.57 Å². The lowest BCUT2D eigenvalue weighted by Crippen LogP contribution is -2.35. The van der Waals surface area contributed by atoms with E-state index in [2.05, 4.69) is 25.2 Å². The Morgan fingerprint density at radius 2 is 1.81 bits per heavy atom. The summed E-state index contributed by atoms with van der Waals surface area (Å²) < 4.78 is 1.40. The molecule has 0 bridgehead atoms. The predicted octanol–water partition coefficient (Wildman–Crippen LogP) is 1.43. The Morgan fingerprint density at radius 1 is 1.12 bits per heavy atom. The summed E-state index contributed by atoms with van der Waals surface area (Å²) in [4.78, 5) is 26.4. The predicted molar refractivity (Wildman–Crippen MR) is 99.8 cm³/mol. The monoisotopic (exact) mass is 352 g/mol. The fraction of sp³-hybridized carbons (Fsp3) is 0.333. The van der Waals surface area contributed by atoms with E-state index in [0.717, 1.165) is 37.3 Å². The van der Waals surface area contributed by atoms with Crippen LogP contribution in [0, 0.1) is 0 Å². The minimum absolute atomic E-state index is 0.177. The zero-order valence-corrected chi connectivity index (χ0v) is 14.5. The summed E-state index contributed by atoms with van der Waals surface area (Å²) in [5.41, 5.74) is 2.18. The molecule has 0 saturated carbocycles. The molecule has 1 fully saturated rings. The highest BCUT2D eigenvalue weighted by Crippen LogP contribution is 2.23. The number of rotatable bonds is 3. The van der Waals surface area contributed by atoms with E-state index in [1.54, 1.807) is 13.2 Å². The van der Waals surface area contributed by atoms with Gasteiger partial charge in [-0.1, -0.05) is 0 Å². The van der Waals surface area contributed by atoms with Crippen LogP contribution < -0.4 is 15.9 Å².